The van der Waals surface area contributed by atoms with Crippen molar-refractivity contribution in [2.45, 2.75) is 12.3 Å². The molecule has 4 nitrogen and oxygen atoms in total. The molecule has 3 aromatic rings. The van der Waals surface area contributed by atoms with Crippen LogP contribution in [0.4, 0.5) is 0 Å². The van der Waals surface area contributed by atoms with Gasteiger partial charge in [0.2, 0.25) is 10.0 Å². The molecule has 2 heterocycles. The Morgan fingerprint density at radius 3 is 2.57 bits per heavy atom. The van der Waals surface area contributed by atoms with Crippen molar-refractivity contribution < 1.29 is 8.42 Å². The Kier molecular flexibility index (Phi) is 4.85. The molecule has 0 radical (unpaired) electrons. The molecule has 0 aliphatic rings. The van der Waals surface area contributed by atoms with E-state index in [4.69, 9.17) is 0 Å². The molecule has 3 rings (SSSR count). The summed E-state index contributed by atoms with van der Waals surface area (Å²) in [5.74, 6) is -0.0172. The molecular formula is C17H16N2O2S2. The summed E-state index contributed by atoms with van der Waals surface area (Å²) in [4.78, 5) is 5.40. The van der Waals surface area contributed by atoms with Crippen LogP contribution in [-0.4, -0.2) is 13.4 Å². The Labute approximate surface area is 139 Å². The fourth-order valence-corrected chi connectivity index (χ4v) is 3.99. The molecule has 2 aromatic heterocycles. The van der Waals surface area contributed by atoms with Gasteiger partial charge in [0.15, 0.2) is 0 Å². The standard InChI is InChI=1S/C17H16N2O2S2/c20-23(21,13-14-5-2-1-3-6-14)19-12-15-8-9-18-16(11-15)17-7-4-10-22-17/h1-11,19H,12-13H2. The van der Waals surface area contributed by atoms with E-state index in [9.17, 15) is 8.42 Å². The van der Waals surface area contributed by atoms with Crippen LogP contribution in [0.15, 0.2) is 66.2 Å². The average Bonchev–Trinajstić information content (AvgIpc) is 3.08. The summed E-state index contributed by atoms with van der Waals surface area (Å²) in [6.07, 6.45) is 1.70. The van der Waals surface area contributed by atoms with E-state index in [2.05, 4.69) is 9.71 Å². The lowest BCUT2D eigenvalue weighted by molar-refractivity contribution is 0.580. The van der Waals surface area contributed by atoms with Crippen LogP contribution < -0.4 is 4.72 Å². The quantitative estimate of drug-likeness (QED) is 0.745. The topological polar surface area (TPSA) is 59.1 Å². The number of pyridine rings is 1. The van der Waals surface area contributed by atoms with Gasteiger partial charge in [0.05, 0.1) is 16.3 Å². The van der Waals surface area contributed by atoms with Gasteiger partial charge in [-0.25, -0.2) is 13.1 Å². The van der Waals surface area contributed by atoms with Gasteiger partial charge in [0.1, 0.15) is 0 Å². The molecule has 0 bridgehead atoms. The maximum atomic E-state index is 12.2. The number of thiophene rings is 1. The first-order valence-corrected chi connectivity index (χ1v) is 9.66. The molecule has 0 aliphatic carbocycles. The van der Waals surface area contributed by atoms with Crippen LogP contribution in [0.5, 0.6) is 0 Å². The summed E-state index contributed by atoms with van der Waals surface area (Å²) in [7, 11) is -3.37. The van der Waals surface area contributed by atoms with E-state index in [1.54, 1.807) is 29.7 Å². The second-order valence-electron chi connectivity index (χ2n) is 5.09. The summed E-state index contributed by atoms with van der Waals surface area (Å²) in [6.45, 7) is 0.260. The molecule has 0 fully saturated rings. The predicted octanol–water partition coefficient (Wildman–Crippen LogP) is 3.43. The molecule has 0 saturated carbocycles. The van der Waals surface area contributed by atoms with E-state index in [0.717, 1.165) is 21.7 Å². The third kappa shape index (κ3) is 4.48. The smallest absolute Gasteiger partial charge is 0.216 e. The first kappa shape index (κ1) is 15.9. The van der Waals surface area contributed by atoms with Crippen molar-refractivity contribution in [2.24, 2.45) is 0 Å². The molecule has 0 atom stereocenters. The Morgan fingerprint density at radius 1 is 1.00 bits per heavy atom. The molecule has 0 spiro atoms. The molecule has 23 heavy (non-hydrogen) atoms. The summed E-state index contributed by atoms with van der Waals surface area (Å²) in [6, 6.07) is 16.8. The zero-order valence-electron chi connectivity index (χ0n) is 12.3. The van der Waals surface area contributed by atoms with Gasteiger partial charge in [-0.3, -0.25) is 4.98 Å². The number of nitrogens with zero attached hydrogens (tertiary/aromatic N) is 1. The van der Waals surface area contributed by atoms with E-state index in [1.165, 1.54) is 0 Å². The van der Waals surface area contributed by atoms with Crippen LogP contribution in [0.2, 0.25) is 0 Å². The van der Waals surface area contributed by atoms with Gasteiger partial charge in [0, 0.05) is 12.7 Å². The minimum absolute atomic E-state index is 0.0172. The highest BCUT2D eigenvalue weighted by molar-refractivity contribution is 7.88. The fourth-order valence-electron chi connectivity index (χ4n) is 2.18. The molecule has 1 aromatic carbocycles. The number of rotatable bonds is 6. The Hall–Kier alpha value is -2.02. The number of hydrogen-bond donors (Lipinski definition) is 1. The van der Waals surface area contributed by atoms with Crippen LogP contribution in [0, 0.1) is 0 Å². The van der Waals surface area contributed by atoms with Gasteiger partial charge in [-0.15, -0.1) is 11.3 Å². The molecule has 0 saturated heterocycles. The van der Waals surface area contributed by atoms with Crippen molar-refractivity contribution in [2.75, 3.05) is 0 Å². The summed E-state index contributed by atoms with van der Waals surface area (Å²) >= 11 is 1.61. The maximum Gasteiger partial charge on any atom is 0.216 e. The number of aromatic nitrogens is 1. The zero-order chi connectivity index (χ0) is 16.1. The number of hydrogen-bond acceptors (Lipinski definition) is 4. The van der Waals surface area contributed by atoms with E-state index in [1.807, 2.05) is 47.8 Å². The van der Waals surface area contributed by atoms with Crippen LogP contribution in [0.1, 0.15) is 11.1 Å². The number of nitrogens with one attached hydrogen (secondary N) is 1. The Morgan fingerprint density at radius 2 is 1.83 bits per heavy atom. The molecule has 1 N–H and O–H groups in total. The summed E-state index contributed by atoms with van der Waals surface area (Å²) < 4.78 is 27.0. The van der Waals surface area contributed by atoms with Crippen LogP contribution in [-0.2, 0) is 22.3 Å². The largest absolute Gasteiger partial charge is 0.255 e. The third-order valence-electron chi connectivity index (χ3n) is 3.29. The average molecular weight is 344 g/mol. The third-order valence-corrected chi connectivity index (χ3v) is 5.48. The summed E-state index contributed by atoms with van der Waals surface area (Å²) in [5.41, 5.74) is 2.52. The van der Waals surface area contributed by atoms with Gasteiger partial charge in [-0.1, -0.05) is 36.4 Å². The normalized spacial score (nSPS) is 11.5. The fraction of sp³-hybridized carbons (Fsp3) is 0.118. The van der Waals surface area contributed by atoms with Crippen molar-refractivity contribution in [3.05, 3.63) is 77.3 Å². The van der Waals surface area contributed by atoms with Crippen molar-refractivity contribution in [3.8, 4) is 10.6 Å². The lowest BCUT2D eigenvalue weighted by Gasteiger charge is -2.08. The van der Waals surface area contributed by atoms with E-state index < -0.39 is 10.0 Å². The first-order valence-electron chi connectivity index (χ1n) is 7.12. The van der Waals surface area contributed by atoms with Gasteiger partial charge in [-0.2, -0.15) is 0 Å². The minimum atomic E-state index is -3.37. The van der Waals surface area contributed by atoms with Crippen LogP contribution in [0.3, 0.4) is 0 Å². The summed E-state index contributed by atoms with van der Waals surface area (Å²) in [5, 5.41) is 1.99. The van der Waals surface area contributed by atoms with E-state index in [0.29, 0.717) is 0 Å². The highest BCUT2D eigenvalue weighted by Gasteiger charge is 2.11. The van der Waals surface area contributed by atoms with Gasteiger partial charge in [-0.05, 0) is 34.7 Å². The number of benzene rings is 1. The molecule has 0 aliphatic heterocycles. The van der Waals surface area contributed by atoms with E-state index in [-0.39, 0.29) is 12.3 Å². The first-order chi connectivity index (χ1) is 11.1. The molecule has 0 amide bonds. The monoisotopic (exact) mass is 344 g/mol. The highest BCUT2D eigenvalue weighted by atomic mass is 32.2. The lowest BCUT2D eigenvalue weighted by atomic mass is 10.2. The predicted molar refractivity (Wildman–Crippen MR) is 93.5 cm³/mol. The molecular weight excluding hydrogens is 328 g/mol. The molecule has 6 heteroatoms. The van der Waals surface area contributed by atoms with Crippen molar-refractivity contribution in [3.63, 3.8) is 0 Å². The Bertz CT molecular complexity index is 861. The van der Waals surface area contributed by atoms with Gasteiger partial charge < -0.3 is 0 Å². The second kappa shape index (κ2) is 7.04. The van der Waals surface area contributed by atoms with Crippen LogP contribution in [0.25, 0.3) is 10.6 Å². The zero-order valence-corrected chi connectivity index (χ0v) is 14.0. The maximum absolute atomic E-state index is 12.2. The lowest BCUT2D eigenvalue weighted by Crippen LogP contribution is -2.24. The van der Waals surface area contributed by atoms with Crippen molar-refractivity contribution >= 4 is 21.4 Å². The molecule has 118 valence electrons. The Balaban J connectivity index is 1.67. The second-order valence-corrected chi connectivity index (χ2v) is 7.85. The highest BCUT2D eigenvalue weighted by Crippen LogP contribution is 2.23. The SMILES string of the molecule is O=S(=O)(Cc1ccccc1)NCc1ccnc(-c2cccs2)c1. The minimum Gasteiger partial charge on any atom is -0.255 e. The van der Waals surface area contributed by atoms with Crippen molar-refractivity contribution in [1.82, 2.24) is 9.71 Å². The van der Waals surface area contributed by atoms with Crippen molar-refractivity contribution in [1.29, 1.82) is 0 Å². The van der Waals surface area contributed by atoms with Gasteiger partial charge >= 0.3 is 0 Å². The molecule has 0 unspecified atom stereocenters. The van der Waals surface area contributed by atoms with E-state index >= 15 is 0 Å². The number of sulfonamides is 1. The van der Waals surface area contributed by atoms with Gasteiger partial charge in [0.25, 0.3) is 0 Å². The van der Waals surface area contributed by atoms with Crippen LogP contribution >= 0.6 is 11.3 Å².